The molecule has 1 aliphatic heterocycles. The third kappa shape index (κ3) is 6.03. The Bertz CT molecular complexity index is 788. The van der Waals surface area contributed by atoms with Crippen molar-refractivity contribution in [1.29, 1.82) is 0 Å². The minimum atomic E-state index is -3.34. The molecule has 29 heavy (non-hydrogen) atoms. The molecule has 0 radical (unpaired) electrons. The van der Waals surface area contributed by atoms with Crippen molar-refractivity contribution in [1.82, 2.24) is 9.62 Å². The smallest absolute Gasteiger partial charge is 0.222 e. The topological polar surface area (TPSA) is 75.7 Å². The van der Waals surface area contributed by atoms with E-state index in [0.717, 1.165) is 32.1 Å². The van der Waals surface area contributed by atoms with Gasteiger partial charge in [0.25, 0.3) is 0 Å². The van der Waals surface area contributed by atoms with E-state index in [1.807, 2.05) is 11.8 Å². The summed E-state index contributed by atoms with van der Waals surface area (Å²) in [5.74, 6) is 0.613. The molecule has 1 saturated carbocycles. The number of rotatable bonds is 8. The number of aryl methyl sites for hydroxylation is 1. The summed E-state index contributed by atoms with van der Waals surface area (Å²) in [7, 11) is -3.34. The predicted molar refractivity (Wildman–Crippen MR) is 114 cm³/mol. The van der Waals surface area contributed by atoms with Gasteiger partial charge in [0.15, 0.2) is 0 Å². The van der Waals surface area contributed by atoms with Crippen LogP contribution in [0.4, 0.5) is 0 Å². The van der Waals surface area contributed by atoms with Crippen LogP contribution in [0, 0.1) is 6.92 Å². The summed E-state index contributed by atoms with van der Waals surface area (Å²) in [5, 5.41) is 0. The van der Waals surface area contributed by atoms with Crippen LogP contribution in [0.3, 0.4) is 0 Å². The molecule has 1 heterocycles. The third-order valence-corrected chi connectivity index (χ3v) is 6.81. The molecule has 7 heteroatoms. The molecule has 0 bridgehead atoms. The zero-order valence-corrected chi connectivity index (χ0v) is 18.6. The minimum Gasteiger partial charge on any atom is -0.376 e. The summed E-state index contributed by atoms with van der Waals surface area (Å²) in [6.07, 6.45) is 6.10. The lowest BCUT2D eigenvalue weighted by molar-refractivity contribution is -0.139. The van der Waals surface area contributed by atoms with Gasteiger partial charge in [-0.05, 0) is 50.5 Å². The fourth-order valence-corrected chi connectivity index (χ4v) is 5.21. The number of benzene rings is 1. The molecule has 6 nitrogen and oxygen atoms in total. The van der Waals surface area contributed by atoms with Crippen LogP contribution in [0.15, 0.2) is 24.3 Å². The first-order valence-corrected chi connectivity index (χ1v) is 12.6. The molecule has 0 aromatic heterocycles. The summed E-state index contributed by atoms with van der Waals surface area (Å²) < 4.78 is 32.5. The molecule has 1 amide bonds. The number of carbonyl (C=O) groups is 1. The van der Waals surface area contributed by atoms with E-state index < -0.39 is 10.0 Å². The van der Waals surface area contributed by atoms with Gasteiger partial charge in [-0.3, -0.25) is 4.79 Å². The van der Waals surface area contributed by atoms with Crippen molar-refractivity contribution >= 4 is 15.9 Å². The van der Waals surface area contributed by atoms with Gasteiger partial charge in [0.1, 0.15) is 0 Å². The lowest BCUT2D eigenvalue weighted by atomic mass is 9.77. The van der Waals surface area contributed by atoms with E-state index >= 15 is 0 Å². The van der Waals surface area contributed by atoms with Crippen molar-refractivity contribution in [3.8, 4) is 0 Å². The molecule has 2 fully saturated rings. The van der Waals surface area contributed by atoms with Crippen LogP contribution < -0.4 is 4.72 Å². The van der Waals surface area contributed by atoms with Crippen molar-refractivity contribution in [3.05, 3.63) is 35.4 Å². The zero-order chi connectivity index (χ0) is 21.0. The van der Waals surface area contributed by atoms with E-state index in [1.165, 1.54) is 17.4 Å². The van der Waals surface area contributed by atoms with E-state index in [4.69, 9.17) is 4.74 Å². The Labute approximate surface area is 175 Å². The van der Waals surface area contributed by atoms with E-state index in [2.05, 4.69) is 35.9 Å². The fraction of sp³-hybridized carbons (Fsp3) is 0.682. The maximum absolute atomic E-state index is 12.6. The van der Waals surface area contributed by atoms with Crippen LogP contribution >= 0.6 is 0 Å². The second-order valence-electron chi connectivity index (χ2n) is 8.58. The Kier molecular flexibility index (Phi) is 7.35. The van der Waals surface area contributed by atoms with Crippen LogP contribution in [0.1, 0.15) is 62.5 Å². The molecule has 1 aromatic rings. The number of nitrogens with one attached hydrogen (secondary N) is 1. The van der Waals surface area contributed by atoms with E-state index in [1.54, 1.807) is 0 Å². The van der Waals surface area contributed by atoms with Crippen molar-refractivity contribution in [2.45, 2.75) is 76.5 Å². The Hall–Kier alpha value is -1.44. The molecular formula is C22H34N2O4S. The van der Waals surface area contributed by atoms with Crippen molar-refractivity contribution in [3.63, 3.8) is 0 Å². The predicted octanol–water partition coefficient (Wildman–Crippen LogP) is 2.97. The number of sulfonamides is 1. The number of hydrogen-bond acceptors (Lipinski definition) is 4. The molecule has 1 aromatic carbocycles. The average Bonchev–Trinajstić information content (AvgIpc) is 2.61. The molecule has 3 rings (SSSR count). The van der Waals surface area contributed by atoms with Crippen LogP contribution in [0.5, 0.6) is 0 Å². The molecule has 0 spiro atoms. The highest BCUT2D eigenvalue weighted by molar-refractivity contribution is 7.88. The van der Waals surface area contributed by atoms with Gasteiger partial charge in [0.2, 0.25) is 15.9 Å². The fourth-order valence-electron chi connectivity index (χ4n) is 4.39. The SMILES string of the molecule is CCCC(=O)N1CCC[C@H](NS(C)(=O)=O)[C@@H]1COC1CC(c2ccc(C)cc2)C1. The highest BCUT2D eigenvalue weighted by Crippen LogP contribution is 2.39. The standard InChI is InChI=1S/C22H34N2O4S/c1-4-6-22(25)24-12-5-7-20(23-29(3,26)27)21(24)15-28-19-13-18(14-19)17-10-8-16(2)9-11-17/h8-11,18-21,23H,4-7,12-15H2,1-3H3/t18?,19?,20-,21-/m0/s1. The van der Waals surface area contributed by atoms with Gasteiger partial charge in [-0.25, -0.2) is 13.1 Å². The van der Waals surface area contributed by atoms with Crippen molar-refractivity contribution < 1.29 is 17.9 Å². The second-order valence-corrected chi connectivity index (χ2v) is 10.4. The summed E-state index contributed by atoms with van der Waals surface area (Å²) >= 11 is 0. The molecule has 1 aliphatic carbocycles. The molecule has 1 saturated heterocycles. The summed E-state index contributed by atoms with van der Waals surface area (Å²) in [6, 6.07) is 8.14. The molecule has 162 valence electrons. The van der Waals surface area contributed by atoms with E-state index in [0.29, 0.717) is 25.5 Å². The molecule has 2 atom stereocenters. The highest BCUT2D eigenvalue weighted by Gasteiger charge is 2.38. The van der Waals surface area contributed by atoms with Crippen LogP contribution in [0.25, 0.3) is 0 Å². The van der Waals surface area contributed by atoms with Crippen LogP contribution in [0.2, 0.25) is 0 Å². The first-order valence-electron chi connectivity index (χ1n) is 10.7. The van der Waals surface area contributed by atoms with Gasteiger partial charge >= 0.3 is 0 Å². The zero-order valence-electron chi connectivity index (χ0n) is 17.8. The third-order valence-electron chi connectivity index (χ3n) is 6.07. The molecule has 0 unspecified atom stereocenters. The van der Waals surface area contributed by atoms with E-state index in [9.17, 15) is 13.2 Å². The maximum atomic E-state index is 12.6. The second kappa shape index (κ2) is 9.58. The number of hydrogen-bond donors (Lipinski definition) is 1. The number of ether oxygens (including phenoxy) is 1. The first-order chi connectivity index (χ1) is 13.8. The minimum absolute atomic E-state index is 0.0900. The number of piperidine rings is 1. The first kappa shape index (κ1) is 22.2. The maximum Gasteiger partial charge on any atom is 0.222 e. The van der Waals surface area contributed by atoms with Gasteiger partial charge in [0, 0.05) is 19.0 Å². The van der Waals surface area contributed by atoms with Gasteiger partial charge in [-0.2, -0.15) is 0 Å². The Morgan fingerprint density at radius 1 is 1.24 bits per heavy atom. The summed E-state index contributed by atoms with van der Waals surface area (Å²) in [6.45, 7) is 5.13. The lowest BCUT2D eigenvalue weighted by Gasteiger charge is -2.43. The largest absolute Gasteiger partial charge is 0.376 e. The highest BCUT2D eigenvalue weighted by atomic mass is 32.2. The average molecular weight is 423 g/mol. The molecular weight excluding hydrogens is 388 g/mol. The Balaban J connectivity index is 1.59. The number of likely N-dealkylation sites (tertiary alicyclic amines) is 1. The van der Waals surface area contributed by atoms with Gasteiger partial charge in [-0.1, -0.05) is 36.8 Å². The van der Waals surface area contributed by atoms with Crippen LogP contribution in [-0.2, 0) is 19.6 Å². The van der Waals surface area contributed by atoms with Crippen molar-refractivity contribution in [2.24, 2.45) is 0 Å². The summed E-state index contributed by atoms with van der Waals surface area (Å²) in [5.41, 5.74) is 2.61. The Morgan fingerprint density at radius 3 is 2.55 bits per heavy atom. The van der Waals surface area contributed by atoms with E-state index in [-0.39, 0.29) is 24.1 Å². The summed E-state index contributed by atoms with van der Waals surface area (Å²) in [4.78, 5) is 14.4. The lowest BCUT2D eigenvalue weighted by Crippen LogP contribution is -2.59. The number of nitrogens with zero attached hydrogens (tertiary/aromatic N) is 1. The normalized spacial score (nSPS) is 27.5. The van der Waals surface area contributed by atoms with Gasteiger partial charge in [0.05, 0.1) is 25.0 Å². The monoisotopic (exact) mass is 422 g/mol. The van der Waals surface area contributed by atoms with Gasteiger partial charge < -0.3 is 9.64 Å². The number of carbonyl (C=O) groups excluding carboxylic acids is 1. The van der Waals surface area contributed by atoms with Gasteiger partial charge in [-0.15, -0.1) is 0 Å². The quantitative estimate of drug-likeness (QED) is 0.699. The number of amides is 1. The van der Waals surface area contributed by atoms with Crippen molar-refractivity contribution in [2.75, 3.05) is 19.4 Å². The molecule has 2 aliphatic rings. The molecule has 1 N–H and O–H groups in total. The van der Waals surface area contributed by atoms with Crippen LogP contribution in [-0.4, -0.2) is 56.8 Å². The Morgan fingerprint density at radius 2 is 1.93 bits per heavy atom.